The minimum absolute atomic E-state index is 0.0145. The number of aromatic nitrogens is 2. The van der Waals surface area contributed by atoms with Crippen molar-refractivity contribution in [3.05, 3.63) is 45.5 Å². The molecule has 0 amide bonds. The van der Waals surface area contributed by atoms with Crippen LogP contribution in [-0.4, -0.2) is 21.0 Å². The number of nitrogens with two attached hydrogens (primary N) is 1. The highest BCUT2D eigenvalue weighted by Crippen LogP contribution is 2.30. The van der Waals surface area contributed by atoms with Gasteiger partial charge >= 0.3 is 5.97 Å². The number of carboxylic acids is 1. The Morgan fingerprint density at radius 2 is 2.21 bits per heavy atom. The van der Waals surface area contributed by atoms with Crippen LogP contribution in [0.2, 0.25) is 5.02 Å². The molecule has 8 heteroatoms. The second-order valence-corrected chi connectivity index (χ2v) is 4.97. The lowest BCUT2D eigenvalue weighted by atomic mass is 10.2. The lowest BCUT2D eigenvalue weighted by Gasteiger charge is -2.05. The smallest absolute Gasteiger partial charge is 0.337 e. The van der Waals surface area contributed by atoms with E-state index in [-0.39, 0.29) is 16.3 Å². The van der Waals surface area contributed by atoms with Crippen molar-refractivity contribution in [3.63, 3.8) is 0 Å². The van der Waals surface area contributed by atoms with Crippen LogP contribution in [0.5, 0.6) is 0 Å². The molecule has 0 unspecified atom stereocenters. The topological polar surface area (TPSA) is 109 Å². The molecule has 0 aliphatic carbocycles. The van der Waals surface area contributed by atoms with Crippen molar-refractivity contribution in [2.24, 2.45) is 0 Å². The Hall–Kier alpha value is -1.99. The Kier molecular flexibility index (Phi) is 3.77. The van der Waals surface area contributed by atoms with Gasteiger partial charge in [0.25, 0.3) is 5.56 Å². The van der Waals surface area contributed by atoms with E-state index in [2.05, 4.69) is 9.97 Å². The van der Waals surface area contributed by atoms with Gasteiger partial charge in [0.05, 0.1) is 16.9 Å². The summed E-state index contributed by atoms with van der Waals surface area (Å²) in [4.78, 5) is 29.1. The molecule has 0 spiro atoms. The van der Waals surface area contributed by atoms with Gasteiger partial charge in [0.15, 0.2) is 0 Å². The van der Waals surface area contributed by atoms with Gasteiger partial charge < -0.3 is 15.8 Å². The molecule has 1 aromatic carbocycles. The number of nitrogens with zero attached hydrogens (tertiary/aromatic N) is 1. The zero-order valence-electron chi connectivity index (χ0n) is 9.38. The van der Waals surface area contributed by atoms with Gasteiger partial charge in [-0.2, -0.15) is 0 Å². The lowest BCUT2D eigenvalue weighted by Crippen LogP contribution is -2.13. The largest absolute Gasteiger partial charge is 0.478 e. The number of aromatic carboxylic acids is 1. The third kappa shape index (κ3) is 2.88. The van der Waals surface area contributed by atoms with Crippen molar-refractivity contribution in [1.82, 2.24) is 9.97 Å². The maximum atomic E-state index is 11.3. The quantitative estimate of drug-likeness (QED) is 0.746. The molecule has 98 valence electrons. The number of rotatable bonds is 3. The highest BCUT2D eigenvalue weighted by atomic mass is 35.5. The summed E-state index contributed by atoms with van der Waals surface area (Å²) in [5.41, 5.74) is 5.12. The van der Waals surface area contributed by atoms with E-state index < -0.39 is 11.5 Å². The molecule has 4 N–H and O–H groups in total. The van der Waals surface area contributed by atoms with E-state index in [9.17, 15) is 9.59 Å². The number of hydrogen-bond donors (Lipinski definition) is 3. The van der Waals surface area contributed by atoms with Gasteiger partial charge in [-0.1, -0.05) is 23.4 Å². The molecule has 0 radical (unpaired) electrons. The van der Waals surface area contributed by atoms with Gasteiger partial charge in [-0.05, 0) is 18.2 Å². The molecule has 0 aliphatic heterocycles. The molecule has 6 nitrogen and oxygen atoms in total. The zero-order chi connectivity index (χ0) is 14.0. The SMILES string of the molecule is Nc1c(Sc2ccc(Cl)c(C(=O)O)c2)nc[nH]c1=O. The maximum absolute atomic E-state index is 11.3. The van der Waals surface area contributed by atoms with Crippen LogP contribution < -0.4 is 11.3 Å². The molecule has 0 aliphatic rings. The number of halogens is 1. The van der Waals surface area contributed by atoms with Gasteiger partial charge in [0, 0.05) is 4.90 Å². The molecule has 0 bridgehead atoms. The molecule has 0 atom stereocenters. The molecule has 0 saturated carbocycles. The van der Waals surface area contributed by atoms with Gasteiger partial charge in [-0.15, -0.1) is 0 Å². The van der Waals surface area contributed by atoms with Crippen LogP contribution in [0.15, 0.2) is 39.2 Å². The summed E-state index contributed by atoms with van der Waals surface area (Å²) >= 11 is 6.86. The van der Waals surface area contributed by atoms with Gasteiger partial charge in [0.2, 0.25) is 0 Å². The van der Waals surface area contributed by atoms with Crippen LogP contribution in [0.25, 0.3) is 0 Å². The van der Waals surface area contributed by atoms with E-state index in [1.807, 2.05) is 0 Å². The summed E-state index contributed by atoms with van der Waals surface area (Å²) in [5, 5.41) is 9.42. The number of H-pyrrole nitrogens is 1. The van der Waals surface area contributed by atoms with Gasteiger partial charge in [-0.3, -0.25) is 4.79 Å². The van der Waals surface area contributed by atoms with E-state index in [0.717, 1.165) is 11.8 Å². The van der Waals surface area contributed by atoms with Crippen LogP contribution in [0.3, 0.4) is 0 Å². The van der Waals surface area contributed by atoms with Gasteiger partial charge in [-0.25, -0.2) is 9.78 Å². The normalized spacial score (nSPS) is 10.4. The monoisotopic (exact) mass is 297 g/mol. The number of nitrogen functional groups attached to an aromatic ring is 1. The Bertz CT molecular complexity index is 702. The fourth-order valence-corrected chi connectivity index (χ4v) is 2.36. The first kappa shape index (κ1) is 13.4. The van der Waals surface area contributed by atoms with E-state index >= 15 is 0 Å². The molecule has 2 rings (SSSR count). The molecule has 2 aromatic rings. The maximum Gasteiger partial charge on any atom is 0.337 e. The van der Waals surface area contributed by atoms with Crippen LogP contribution in [0, 0.1) is 0 Å². The average molecular weight is 298 g/mol. The molecular formula is C11H8ClN3O3S. The number of benzene rings is 1. The number of carboxylic acid groups (broad SMARTS) is 1. The second kappa shape index (κ2) is 5.33. The van der Waals surface area contributed by atoms with Crippen molar-refractivity contribution in [1.29, 1.82) is 0 Å². The van der Waals surface area contributed by atoms with Crippen LogP contribution in [0.4, 0.5) is 5.69 Å². The number of nitrogens with one attached hydrogen (secondary N) is 1. The Labute approximate surface area is 116 Å². The van der Waals surface area contributed by atoms with E-state index in [1.54, 1.807) is 6.07 Å². The van der Waals surface area contributed by atoms with E-state index in [1.165, 1.54) is 18.5 Å². The molecule has 1 heterocycles. The van der Waals surface area contributed by atoms with Crippen LogP contribution >= 0.6 is 23.4 Å². The molecular weight excluding hydrogens is 290 g/mol. The van der Waals surface area contributed by atoms with Crippen molar-refractivity contribution < 1.29 is 9.90 Å². The predicted molar refractivity (Wildman–Crippen MR) is 71.8 cm³/mol. The summed E-state index contributed by atoms with van der Waals surface area (Å²) in [6.07, 6.45) is 1.23. The third-order valence-corrected chi connectivity index (χ3v) is 3.57. The van der Waals surface area contributed by atoms with Crippen LogP contribution in [-0.2, 0) is 0 Å². The first-order valence-electron chi connectivity index (χ1n) is 5.03. The average Bonchev–Trinajstić information content (AvgIpc) is 2.37. The van der Waals surface area contributed by atoms with Gasteiger partial charge in [0.1, 0.15) is 10.7 Å². The number of anilines is 1. The fraction of sp³-hybridized carbons (Fsp3) is 0. The summed E-state index contributed by atoms with van der Waals surface area (Å²) in [6, 6.07) is 4.50. The zero-order valence-corrected chi connectivity index (χ0v) is 11.0. The van der Waals surface area contributed by atoms with Crippen molar-refractivity contribution in [2.45, 2.75) is 9.92 Å². The summed E-state index contributed by atoms with van der Waals surface area (Å²) in [5.74, 6) is -1.13. The summed E-state index contributed by atoms with van der Waals surface area (Å²) < 4.78 is 0. The first-order valence-corrected chi connectivity index (χ1v) is 6.22. The van der Waals surface area contributed by atoms with E-state index in [0.29, 0.717) is 9.92 Å². The van der Waals surface area contributed by atoms with Crippen molar-refractivity contribution >= 4 is 35.0 Å². The predicted octanol–water partition coefficient (Wildman–Crippen LogP) is 1.85. The molecule has 19 heavy (non-hydrogen) atoms. The number of aromatic amines is 1. The second-order valence-electron chi connectivity index (χ2n) is 3.50. The highest BCUT2D eigenvalue weighted by molar-refractivity contribution is 7.99. The molecule has 0 fully saturated rings. The number of hydrogen-bond acceptors (Lipinski definition) is 5. The highest BCUT2D eigenvalue weighted by Gasteiger charge is 2.12. The fourth-order valence-electron chi connectivity index (χ4n) is 1.32. The van der Waals surface area contributed by atoms with Crippen molar-refractivity contribution in [2.75, 3.05) is 5.73 Å². The minimum atomic E-state index is -1.13. The third-order valence-electron chi connectivity index (χ3n) is 2.24. The Balaban J connectivity index is 2.39. The number of carbonyl (C=O) groups is 1. The van der Waals surface area contributed by atoms with Crippen LogP contribution in [0.1, 0.15) is 10.4 Å². The van der Waals surface area contributed by atoms with Crippen molar-refractivity contribution in [3.8, 4) is 0 Å². The Morgan fingerprint density at radius 1 is 1.47 bits per heavy atom. The standard InChI is InChI=1S/C11H8ClN3O3S/c12-7-2-1-5(3-6(7)11(17)18)19-10-8(13)9(16)14-4-15-10/h1-4H,13H2,(H,17,18)(H,14,15,16). The van der Waals surface area contributed by atoms with E-state index in [4.69, 9.17) is 22.4 Å². The Morgan fingerprint density at radius 3 is 2.89 bits per heavy atom. The minimum Gasteiger partial charge on any atom is -0.478 e. The summed E-state index contributed by atoms with van der Waals surface area (Å²) in [7, 11) is 0. The molecule has 0 saturated heterocycles. The lowest BCUT2D eigenvalue weighted by molar-refractivity contribution is 0.0697. The molecule has 1 aromatic heterocycles. The summed E-state index contributed by atoms with van der Waals surface area (Å²) in [6.45, 7) is 0. The first-order chi connectivity index (χ1) is 8.99.